The SMILES string of the molecule is C=C1CCNC1=C.CC.CC.CCCCCCCSc1ccc2c(c1)CCN2C(=O)c1cccc(F)c1NS(C)(=O)=O. The Morgan fingerprint density at radius 2 is 1.74 bits per heavy atom. The van der Waals surface area contributed by atoms with Gasteiger partial charge in [-0.3, -0.25) is 9.52 Å². The van der Waals surface area contributed by atoms with E-state index in [9.17, 15) is 17.6 Å². The number of unbranched alkanes of at least 4 members (excludes halogenated alkanes) is 4. The largest absolute Gasteiger partial charge is 0.385 e. The standard InChI is InChI=1S/C23H29FN2O3S2.C6H9N.2C2H6/c1-3-4-5-6-7-15-30-18-11-12-21-17(16-18)13-14-26(21)23(27)19-9-8-10-20(24)22(19)25-31(2,28)29;1-5-3-4-7-6(5)2;2*1-2/h8-12,16,25H,3-7,13-15H2,1-2H3;7H,1-4H2;2*1-2H3. The number of allylic oxidation sites excluding steroid dienone is 1. The number of carbonyl (C=O) groups excluding carboxylic acids is 1. The average molecular weight is 620 g/mol. The van der Waals surface area contributed by atoms with Crippen molar-refractivity contribution in [2.24, 2.45) is 0 Å². The summed E-state index contributed by atoms with van der Waals surface area (Å²) in [6, 6.07) is 10.1. The van der Waals surface area contributed by atoms with Gasteiger partial charge < -0.3 is 10.2 Å². The maximum Gasteiger partial charge on any atom is 0.260 e. The summed E-state index contributed by atoms with van der Waals surface area (Å²) in [5, 5.41) is 3.08. The molecule has 0 atom stereocenters. The topological polar surface area (TPSA) is 78.5 Å². The number of anilines is 2. The van der Waals surface area contributed by atoms with Crippen LogP contribution >= 0.6 is 11.8 Å². The van der Waals surface area contributed by atoms with E-state index in [1.807, 2.05) is 51.6 Å². The first-order valence-corrected chi connectivity index (χ1v) is 17.9. The third kappa shape index (κ3) is 11.8. The molecule has 2 aliphatic heterocycles. The molecule has 2 heterocycles. The highest BCUT2D eigenvalue weighted by atomic mass is 32.2. The predicted molar refractivity (Wildman–Crippen MR) is 180 cm³/mol. The van der Waals surface area contributed by atoms with Gasteiger partial charge in [0.1, 0.15) is 5.82 Å². The molecule has 6 nitrogen and oxygen atoms in total. The van der Waals surface area contributed by atoms with Crippen LogP contribution in [0.5, 0.6) is 0 Å². The minimum atomic E-state index is -3.73. The van der Waals surface area contributed by atoms with Crippen LogP contribution in [0.15, 0.2) is 65.7 Å². The molecule has 1 fully saturated rings. The molecule has 0 bridgehead atoms. The van der Waals surface area contributed by atoms with Crippen LogP contribution in [0.25, 0.3) is 0 Å². The first-order chi connectivity index (χ1) is 20.1. The van der Waals surface area contributed by atoms with E-state index < -0.39 is 21.7 Å². The average Bonchev–Trinajstić information content (AvgIpc) is 3.58. The highest BCUT2D eigenvalue weighted by Gasteiger charge is 2.28. The number of nitrogens with zero attached hydrogens (tertiary/aromatic N) is 1. The zero-order valence-corrected chi connectivity index (χ0v) is 27.9. The summed E-state index contributed by atoms with van der Waals surface area (Å²) in [6.07, 6.45) is 8.99. The van der Waals surface area contributed by atoms with Crippen molar-refractivity contribution in [2.75, 3.05) is 34.7 Å². The first-order valence-electron chi connectivity index (χ1n) is 15.1. The lowest BCUT2D eigenvalue weighted by atomic mass is 10.1. The summed E-state index contributed by atoms with van der Waals surface area (Å²) in [6.45, 7) is 19.2. The number of rotatable bonds is 10. The molecule has 0 saturated carbocycles. The van der Waals surface area contributed by atoms with E-state index in [1.165, 1.54) is 49.1 Å². The minimum absolute atomic E-state index is 0.00352. The van der Waals surface area contributed by atoms with E-state index in [0.717, 1.165) is 60.0 Å². The third-order valence-electron chi connectivity index (χ3n) is 6.43. The molecule has 0 radical (unpaired) electrons. The number of sulfonamides is 1. The molecule has 0 aliphatic carbocycles. The minimum Gasteiger partial charge on any atom is -0.385 e. The molecule has 9 heteroatoms. The number of fused-ring (bicyclic) bond motifs is 1. The highest BCUT2D eigenvalue weighted by Crippen LogP contribution is 2.34. The second kappa shape index (κ2) is 19.4. The van der Waals surface area contributed by atoms with Crippen molar-refractivity contribution in [3.63, 3.8) is 0 Å². The van der Waals surface area contributed by atoms with Crippen LogP contribution in [0.1, 0.15) is 89.1 Å². The monoisotopic (exact) mass is 619 g/mol. The number of benzene rings is 2. The van der Waals surface area contributed by atoms with E-state index in [4.69, 9.17) is 0 Å². The van der Waals surface area contributed by atoms with Crippen molar-refractivity contribution in [1.29, 1.82) is 0 Å². The molecule has 1 saturated heterocycles. The molecule has 0 unspecified atom stereocenters. The molecule has 0 spiro atoms. The van der Waals surface area contributed by atoms with E-state index in [2.05, 4.69) is 36.2 Å². The summed E-state index contributed by atoms with van der Waals surface area (Å²) < 4.78 is 39.7. The lowest BCUT2D eigenvalue weighted by molar-refractivity contribution is 0.0990. The normalized spacial score (nSPS) is 13.5. The lowest BCUT2D eigenvalue weighted by Crippen LogP contribution is -2.30. The summed E-state index contributed by atoms with van der Waals surface area (Å²) >= 11 is 1.83. The van der Waals surface area contributed by atoms with Gasteiger partial charge >= 0.3 is 0 Å². The van der Waals surface area contributed by atoms with Crippen LogP contribution in [0.2, 0.25) is 0 Å². The second-order valence-electron chi connectivity index (χ2n) is 9.56. The quantitative estimate of drug-likeness (QED) is 0.206. The highest BCUT2D eigenvalue weighted by molar-refractivity contribution is 7.99. The van der Waals surface area contributed by atoms with Crippen LogP contribution in [-0.4, -0.2) is 39.4 Å². The van der Waals surface area contributed by atoms with Crippen molar-refractivity contribution in [3.05, 3.63) is 77.8 Å². The molecular weight excluding hydrogens is 570 g/mol. The summed E-state index contributed by atoms with van der Waals surface area (Å²) in [5.74, 6) is -0.114. The molecule has 2 aliphatic rings. The Kier molecular flexibility index (Phi) is 17.2. The number of para-hydroxylation sites is 1. The Balaban J connectivity index is 0.000000682. The van der Waals surface area contributed by atoms with Crippen LogP contribution in [0.3, 0.4) is 0 Å². The van der Waals surface area contributed by atoms with Crippen LogP contribution < -0.4 is 14.9 Å². The molecule has 2 aromatic rings. The Bertz CT molecular complexity index is 1270. The van der Waals surface area contributed by atoms with Gasteiger partial charge in [-0.1, -0.05) is 79.5 Å². The van der Waals surface area contributed by atoms with Gasteiger partial charge in [0.2, 0.25) is 10.0 Å². The maximum atomic E-state index is 14.3. The molecule has 4 rings (SSSR count). The molecule has 2 aromatic carbocycles. The number of amides is 1. The number of hydrogen-bond acceptors (Lipinski definition) is 5. The second-order valence-corrected chi connectivity index (χ2v) is 12.5. The number of thioether (sulfide) groups is 1. The smallest absolute Gasteiger partial charge is 0.260 e. The lowest BCUT2D eigenvalue weighted by Gasteiger charge is -2.20. The fraction of sp³-hybridized carbons (Fsp3) is 0.485. The molecule has 2 N–H and O–H groups in total. The Labute approximate surface area is 258 Å². The van der Waals surface area contributed by atoms with E-state index in [1.54, 1.807) is 4.90 Å². The number of halogens is 1. The zero-order chi connectivity index (χ0) is 31.7. The van der Waals surface area contributed by atoms with Gasteiger partial charge in [0.05, 0.1) is 17.5 Å². The zero-order valence-electron chi connectivity index (χ0n) is 26.3. The Morgan fingerprint density at radius 3 is 2.31 bits per heavy atom. The van der Waals surface area contributed by atoms with Gasteiger partial charge in [-0.2, -0.15) is 0 Å². The van der Waals surface area contributed by atoms with E-state index in [-0.39, 0.29) is 11.3 Å². The molecule has 42 heavy (non-hydrogen) atoms. The summed E-state index contributed by atoms with van der Waals surface area (Å²) in [4.78, 5) is 16.0. The van der Waals surface area contributed by atoms with Crippen LogP contribution in [0.4, 0.5) is 15.8 Å². The molecule has 0 aromatic heterocycles. The first kappa shape index (κ1) is 37.2. The molecule has 1 amide bonds. The maximum absolute atomic E-state index is 14.3. The van der Waals surface area contributed by atoms with Crippen molar-refractivity contribution in [1.82, 2.24) is 5.32 Å². The Hall–Kier alpha value is -2.78. The van der Waals surface area contributed by atoms with Gasteiger partial charge in [0.25, 0.3) is 5.91 Å². The van der Waals surface area contributed by atoms with Crippen molar-refractivity contribution >= 4 is 39.1 Å². The van der Waals surface area contributed by atoms with E-state index in [0.29, 0.717) is 6.54 Å². The van der Waals surface area contributed by atoms with Gasteiger partial charge in [-0.05, 0) is 66.5 Å². The van der Waals surface area contributed by atoms with Crippen molar-refractivity contribution in [2.45, 2.75) is 84.5 Å². The fourth-order valence-electron chi connectivity index (χ4n) is 4.35. The number of carbonyl (C=O) groups is 1. The summed E-state index contributed by atoms with van der Waals surface area (Å²) in [7, 11) is -3.73. The van der Waals surface area contributed by atoms with Gasteiger partial charge in [0.15, 0.2) is 0 Å². The number of hydrogen-bond donors (Lipinski definition) is 2. The predicted octanol–water partition coefficient (Wildman–Crippen LogP) is 8.56. The number of nitrogens with one attached hydrogen (secondary N) is 2. The molecular formula is C33H50FN3O3S2. The fourth-order valence-corrected chi connectivity index (χ4v) is 5.90. The van der Waals surface area contributed by atoms with Gasteiger partial charge in [-0.15, -0.1) is 11.8 Å². The van der Waals surface area contributed by atoms with Crippen LogP contribution in [-0.2, 0) is 16.4 Å². The van der Waals surface area contributed by atoms with Gasteiger partial charge in [0, 0.05) is 29.4 Å². The summed E-state index contributed by atoms with van der Waals surface area (Å²) in [5.41, 5.74) is 3.74. The van der Waals surface area contributed by atoms with Crippen molar-refractivity contribution in [3.8, 4) is 0 Å². The van der Waals surface area contributed by atoms with E-state index >= 15 is 0 Å². The third-order valence-corrected chi connectivity index (χ3v) is 8.09. The molecule has 234 valence electrons. The van der Waals surface area contributed by atoms with Crippen LogP contribution in [0, 0.1) is 5.82 Å². The van der Waals surface area contributed by atoms with Gasteiger partial charge in [-0.25, -0.2) is 12.8 Å². The van der Waals surface area contributed by atoms with Crippen molar-refractivity contribution < 1.29 is 17.6 Å². The Morgan fingerprint density at radius 1 is 1.05 bits per heavy atom.